The first kappa shape index (κ1) is 24.5. The number of carbonyl (C=O) groups excluding carboxylic acids is 1. The first-order valence-electron chi connectivity index (χ1n) is 9.28. The maximum absolute atomic E-state index is 12.5. The molecule has 9 heteroatoms. The number of carbonyl (C=O) groups is 1. The fraction of sp³-hybridized carbons (Fsp3) is 0.632. The van der Waals surface area contributed by atoms with Crippen LogP contribution in [0.5, 0.6) is 5.88 Å². The van der Waals surface area contributed by atoms with Gasteiger partial charge in [-0.2, -0.15) is 0 Å². The molecule has 1 aliphatic rings. The van der Waals surface area contributed by atoms with Crippen molar-refractivity contribution in [3.8, 4) is 5.88 Å². The molecular formula is C19H31Cl2N5O2. The molecule has 0 radical (unpaired) electrons. The molecule has 2 heterocycles. The van der Waals surface area contributed by atoms with E-state index in [4.69, 9.17) is 10.5 Å². The van der Waals surface area contributed by atoms with Gasteiger partial charge in [-0.3, -0.25) is 4.79 Å². The van der Waals surface area contributed by atoms with Crippen LogP contribution in [-0.4, -0.2) is 39.9 Å². The third-order valence-corrected chi connectivity index (χ3v) is 5.67. The number of pyridine rings is 1. The molecule has 2 aromatic heterocycles. The van der Waals surface area contributed by atoms with Crippen LogP contribution in [0.25, 0.3) is 11.0 Å². The van der Waals surface area contributed by atoms with Crippen LogP contribution >= 0.6 is 24.8 Å². The molecule has 1 fully saturated rings. The molecule has 0 atom stereocenters. The molecule has 0 aliphatic heterocycles. The lowest BCUT2D eigenvalue weighted by Gasteiger charge is -2.28. The molecule has 7 nitrogen and oxygen atoms in total. The third-order valence-electron chi connectivity index (χ3n) is 5.67. The van der Waals surface area contributed by atoms with E-state index in [1.165, 1.54) is 0 Å². The standard InChI is InChI=1S/C19H29N5O2.2ClH/c1-12-14(7-8-15(25)22-19(11-20)9-5-6-10-19)13(2)21-17-16(12)18(26-4)23-24(17)3;;/h5-11,20H2,1-4H3,(H,22,25);2*1H. The van der Waals surface area contributed by atoms with Crippen molar-refractivity contribution < 1.29 is 9.53 Å². The van der Waals surface area contributed by atoms with Crippen molar-refractivity contribution in [2.24, 2.45) is 12.8 Å². The predicted molar refractivity (Wildman–Crippen MR) is 116 cm³/mol. The van der Waals surface area contributed by atoms with Crippen LogP contribution in [0.4, 0.5) is 0 Å². The number of methoxy groups -OCH3 is 1. The van der Waals surface area contributed by atoms with E-state index in [1.807, 2.05) is 20.9 Å². The summed E-state index contributed by atoms with van der Waals surface area (Å²) in [5.74, 6) is 0.639. The van der Waals surface area contributed by atoms with E-state index in [0.717, 1.165) is 53.5 Å². The lowest BCUT2D eigenvalue weighted by molar-refractivity contribution is -0.122. The van der Waals surface area contributed by atoms with Crippen molar-refractivity contribution in [2.45, 2.75) is 57.9 Å². The molecule has 2 aromatic rings. The number of ether oxygens (including phenoxy) is 1. The van der Waals surface area contributed by atoms with E-state index in [9.17, 15) is 4.79 Å². The Morgan fingerprint density at radius 3 is 2.50 bits per heavy atom. The number of amides is 1. The maximum Gasteiger partial charge on any atom is 0.242 e. The lowest BCUT2D eigenvalue weighted by Crippen LogP contribution is -2.51. The summed E-state index contributed by atoms with van der Waals surface area (Å²) in [7, 11) is 3.47. The van der Waals surface area contributed by atoms with Gasteiger partial charge in [-0.05, 0) is 44.2 Å². The van der Waals surface area contributed by atoms with Gasteiger partial charge in [0.2, 0.25) is 11.8 Å². The quantitative estimate of drug-likeness (QED) is 0.732. The molecule has 1 amide bonds. The van der Waals surface area contributed by atoms with Crippen LogP contribution in [0.3, 0.4) is 0 Å². The zero-order chi connectivity index (χ0) is 18.9. The first-order chi connectivity index (χ1) is 12.4. The normalized spacial score (nSPS) is 15.0. The van der Waals surface area contributed by atoms with Crippen LogP contribution in [-0.2, 0) is 18.3 Å². The third kappa shape index (κ3) is 4.53. The summed E-state index contributed by atoms with van der Waals surface area (Å²) in [6.07, 6.45) is 5.31. The summed E-state index contributed by atoms with van der Waals surface area (Å²) in [4.78, 5) is 17.2. The number of aryl methyl sites for hydroxylation is 3. The van der Waals surface area contributed by atoms with Gasteiger partial charge in [0, 0.05) is 25.7 Å². The minimum absolute atomic E-state index is 0. The van der Waals surface area contributed by atoms with Gasteiger partial charge in [-0.1, -0.05) is 12.8 Å². The Kier molecular flexibility index (Phi) is 8.53. The van der Waals surface area contributed by atoms with E-state index in [1.54, 1.807) is 11.8 Å². The molecule has 0 aromatic carbocycles. The molecule has 1 aliphatic carbocycles. The summed E-state index contributed by atoms with van der Waals surface area (Å²) in [6, 6.07) is 0. The summed E-state index contributed by atoms with van der Waals surface area (Å²) in [5, 5.41) is 8.49. The van der Waals surface area contributed by atoms with Crippen LogP contribution in [0.15, 0.2) is 0 Å². The Labute approximate surface area is 178 Å². The van der Waals surface area contributed by atoms with Crippen molar-refractivity contribution in [3.63, 3.8) is 0 Å². The van der Waals surface area contributed by atoms with Crippen molar-refractivity contribution >= 4 is 41.8 Å². The number of nitrogens with one attached hydrogen (secondary N) is 1. The Morgan fingerprint density at radius 1 is 1.29 bits per heavy atom. The number of fused-ring (bicyclic) bond motifs is 1. The van der Waals surface area contributed by atoms with Crippen LogP contribution in [0.1, 0.15) is 48.9 Å². The summed E-state index contributed by atoms with van der Waals surface area (Å²) in [6.45, 7) is 4.54. The Bertz CT molecular complexity index is 832. The molecule has 0 saturated heterocycles. The molecule has 158 valence electrons. The number of halogens is 2. The van der Waals surface area contributed by atoms with Gasteiger partial charge >= 0.3 is 0 Å². The monoisotopic (exact) mass is 431 g/mol. The van der Waals surface area contributed by atoms with Crippen molar-refractivity contribution in [1.29, 1.82) is 0 Å². The second-order valence-corrected chi connectivity index (χ2v) is 7.37. The molecule has 0 unspecified atom stereocenters. The summed E-state index contributed by atoms with van der Waals surface area (Å²) in [5.41, 5.74) is 9.63. The fourth-order valence-corrected chi connectivity index (χ4v) is 4.14. The molecule has 0 spiro atoms. The van der Waals surface area contributed by atoms with Gasteiger partial charge in [0.1, 0.15) is 0 Å². The van der Waals surface area contributed by atoms with Crippen LogP contribution in [0.2, 0.25) is 0 Å². The van der Waals surface area contributed by atoms with Gasteiger partial charge in [0.05, 0.1) is 18.0 Å². The fourth-order valence-electron chi connectivity index (χ4n) is 4.14. The van der Waals surface area contributed by atoms with Crippen molar-refractivity contribution in [2.75, 3.05) is 13.7 Å². The first-order valence-corrected chi connectivity index (χ1v) is 9.28. The van der Waals surface area contributed by atoms with Gasteiger partial charge < -0.3 is 15.8 Å². The van der Waals surface area contributed by atoms with Gasteiger partial charge in [0.15, 0.2) is 5.65 Å². The predicted octanol–water partition coefficient (Wildman–Crippen LogP) is 2.76. The second-order valence-electron chi connectivity index (χ2n) is 7.37. The van der Waals surface area contributed by atoms with Crippen LogP contribution < -0.4 is 15.8 Å². The van der Waals surface area contributed by atoms with Gasteiger partial charge in [0.25, 0.3) is 0 Å². The van der Waals surface area contributed by atoms with Crippen molar-refractivity contribution in [1.82, 2.24) is 20.1 Å². The smallest absolute Gasteiger partial charge is 0.242 e. The number of nitrogens with two attached hydrogens (primary N) is 1. The molecule has 3 N–H and O–H groups in total. The molecule has 0 bridgehead atoms. The topological polar surface area (TPSA) is 95.1 Å². The molecule has 28 heavy (non-hydrogen) atoms. The lowest BCUT2D eigenvalue weighted by atomic mass is 9.96. The molecule has 1 saturated carbocycles. The van der Waals surface area contributed by atoms with Crippen LogP contribution in [0, 0.1) is 13.8 Å². The highest BCUT2D eigenvalue weighted by Gasteiger charge is 2.33. The van der Waals surface area contributed by atoms with E-state index in [2.05, 4.69) is 15.4 Å². The second kappa shape index (κ2) is 9.76. The minimum atomic E-state index is -0.198. The largest absolute Gasteiger partial charge is 0.479 e. The Morgan fingerprint density at radius 2 is 1.93 bits per heavy atom. The zero-order valence-corrected chi connectivity index (χ0v) is 18.6. The summed E-state index contributed by atoms with van der Waals surface area (Å²) < 4.78 is 7.13. The Hall–Kier alpha value is -1.57. The zero-order valence-electron chi connectivity index (χ0n) is 17.0. The van der Waals surface area contributed by atoms with E-state index in [0.29, 0.717) is 25.3 Å². The van der Waals surface area contributed by atoms with Crippen molar-refractivity contribution in [3.05, 3.63) is 16.8 Å². The average Bonchev–Trinajstić information content (AvgIpc) is 3.20. The van der Waals surface area contributed by atoms with E-state index in [-0.39, 0.29) is 36.3 Å². The highest BCUT2D eigenvalue weighted by molar-refractivity contribution is 5.86. The summed E-state index contributed by atoms with van der Waals surface area (Å²) >= 11 is 0. The maximum atomic E-state index is 12.5. The van der Waals surface area contributed by atoms with Gasteiger partial charge in [-0.15, -0.1) is 29.9 Å². The number of aromatic nitrogens is 3. The van der Waals surface area contributed by atoms with E-state index >= 15 is 0 Å². The number of hydrogen-bond acceptors (Lipinski definition) is 5. The highest BCUT2D eigenvalue weighted by Crippen LogP contribution is 2.31. The average molecular weight is 432 g/mol. The highest BCUT2D eigenvalue weighted by atomic mass is 35.5. The number of rotatable bonds is 6. The van der Waals surface area contributed by atoms with E-state index < -0.39 is 0 Å². The minimum Gasteiger partial charge on any atom is -0.479 e. The molecule has 3 rings (SSSR count). The molecular weight excluding hydrogens is 401 g/mol. The number of hydrogen-bond donors (Lipinski definition) is 2. The Balaban J connectivity index is 0.00000196. The number of nitrogens with zero attached hydrogens (tertiary/aromatic N) is 3. The van der Waals surface area contributed by atoms with Gasteiger partial charge in [-0.25, -0.2) is 9.67 Å². The SMILES string of the molecule is COc1nn(C)c2nc(C)c(CCC(=O)NC3(CN)CCCC3)c(C)c12.Cl.Cl.